The third kappa shape index (κ3) is 3.28. The van der Waals surface area contributed by atoms with Crippen molar-refractivity contribution in [2.45, 2.75) is 57.0 Å². The van der Waals surface area contributed by atoms with Gasteiger partial charge in [-0.05, 0) is 32.7 Å². The van der Waals surface area contributed by atoms with E-state index in [4.69, 9.17) is 14.2 Å². The number of epoxide rings is 1. The highest BCUT2D eigenvalue weighted by atomic mass is 16.7. The zero-order valence-corrected chi connectivity index (χ0v) is 15.2. The molecule has 3 rings (SSSR count). The van der Waals surface area contributed by atoms with Crippen molar-refractivity contribution in [2.24, 2.45) is 5.92 Å². The summed E-state index contributed by atoms with van der Waals surface area (Å²) >= 11 is 0. The minimum Gasteiger partial charge on any atom is -0.459 e. The Labute approximate surface area is 151 Å². The second kappa shape index (κ2) is 6.75. The molecule has 1 spiro atoms. The monoisotopic (exact) mass is 367 g/mol. The predicted octanol–water partition coefficient (Wildman–Crippen LogP) is -0.121. The molecule has 8 nitrogen and oxygen atoms in total. The largest absolute Gasteiger partial charge is 0.459 e. The highest BCUT2D eigenvalue weighted by molar-refractivity contribution is 6.01. The summed E-state index contributed by atoms with van der Waals surface area (Å²) < 4.78 is 16.2. The Morgan fingerprint density at radius 1 is 1.23 bits per heavy atom. The maximum absolute atomic E-state index is 12.8. The molecule has 2 saturated heterocycles. The summed E-state index contributed by atoms with van der Waals surface area (Å²) in [6.45, 7) is 5.41. The van der Waals surface area contributed by atoms with Gasteiger partial charge in [0, 0.05) is 18.5 Å². The Bertz CT molecular complexity index is 656. The average molecular weight is 367 g/mol. The van der Waals surface area contributed by atoms with Gasteiger partial charge in [0.15, 0.2) is 17.3 Å². The predicted molar refractivity (Wildman–Crippen MR) is 89.1 cm³/mol. The molecule has 0 radical (unpaired) electrons. The van der Waals surface area contributed by atoms with Crippen molar-refractivity contribution in [3.8, 4) is 0 Å². The number of Topliss-reactive ketones (excluding diaryl/α,β-unsaturated/α-hetero) is 1. The molecule has 2 N–H and O–H groups in total. The molecule has 144 valence electrons. The summed E-state index contributed by atoms with van der Waals surface area (Å²) in [5.74, 6) is -2.45. The number of cyclic esters (lactones) is 1. The molecule has 0 amide bonds. The number of esters is 2. The van der Waals surface area contributed by atoms with Gasteiger partial charge < -0.3 is 24.6 Å². The van der Waals surface area contributed by atoms with Gasteiger partial charge in [-0.25, -0.2) is 9.59 Å². The molecule has 2 fully saturated rings. The molecule has 0 aliphatic carbocycles. The van der Waals surface area contributed by atoms with E-state index in [9.17, 15) is 19.5 Å². The van der Waals surface area contributed by atoms with Gasteiger partial charge in [0.1, 0.15) is 6.61 Å². The van der Waals surface area contributed by atoms with Crippen LogP contribution in [0.4, 0.5) is 0 Å². The summed E-state index contributed by atoms with van der Waals surface area (Å²) in [4.78, 5) is 37.9. The number of nitrogens with one attached hydrogen (secondary N) is 1. The van der Waals surface area contributed by atoms with Crippen LogP contribution in [0.2, 0.25) is 0 Å². The fraction of sp³-hybridized carbons (Fsp3) is 0.722. The first-order valence-corrected chi connectivity index (χ1v) is 8.91. The lowest BCUT2D eigenvalue weighted by atomic mass is 9.82. The number of hydrogen-bond donors (Lipinski definition) is 2. The highest BCUT2D eigenvalue weighted by Gasteiger charge is 2.63. The first-order valence-electron chi connectivity index (χ1n) is 8.91. The molecule has 2 unspecified atom stereocenters. The van der Waals surface area contributed by atoms with Crippen molar-refractivity contribution in [2.75, 3.05) is 19.7 Å². The van der Waals surface area contributed by atoms with Crippen LogP contribution in [0.3, 0.4) is 0 Å². The van der Waals surface area contributed by atoms with Crippen LogP contribution >= 0.6 is 0 Å². The Morgan fingerprint density at radius 3 is 2.58 bits per heavy atom. The van der Waals surface area contributed by atoms with Gasteiger partial charge in [-0.3, -0.25) is 4.79 Å². The molecule has 0 aromatic rings. The summed E-state index contributed by atoms with van der Waals surface area (Å²) in [5.41, 5.74) is -2.82. The van der Waals surface area contributed by atoms with Crippen molar-refractivity contribution in [1.29, 1.82) is 0 Å². The van der Waals surface area contributed by atoms with Crippen LogP contribution in [0.15, 0.2) is 11.6 Å². The van der Waals surface area contributed by atoms with Gasteiger partial charge in [0.05, 0.1) is 6.10 Å². The smallest absolute Gasteiger partial charge is 0.341 e. The van der Waals surface area contributed by atoms with Crippen molar-refractivity contribution in [3.63, 3.8) is 0 Å². The zero-order chi connectivity index (χ0) is 19.1. The molecular formula is C18H25NO7. The second-order valence-electron chi connectivity index (χ2n) is 7.46. The van der Waals surface area contributed by atoms with Crippen LogP contribution < -0.4 is 5.32 Å². The summed E-state index contributed by atoms with van der Waals surface area (Å²) in [6.07, 6.45) is 0.670. The molecule has 2 bridgehead atoms. The maximum Gasteiger partial charge on any atom is 0.341 e. The number of ketones is 1. The SMILES string of the molecule is CC1C[C@@]2(O[C@@H]2C)C(=O)O[C@@H]2CCNC/C=C(/COC(=O)C1(C)O)C2=O. The lowest BCUT2D eigenvalue weighted by Gasteiger charge is -2.31. The zero-order valence-electron chi connectivity index (χ0n) is 15.2. The quantitative estimate of drug-likeness (QED) is 0.450. The van der Waals surface area contributed by atoms with Crippen LogP contribution in [0.25, 0.3) is 0 Å². The lowest BCUT2D eigenvalue weighted by molar-refractivity contribution is -0.173. The van der Waals surface area contributed by atoms with Gasteiger partial charge in [-0.1, -0.05) is 13.0 Å². The van der Waals surface area contributed by atoms with Crippen LogP contribution in [0.1, 0.15) is 33.6 Å². The van der Waals surface area contributed by atoms with Crippen molar-refractivity contribution < 1.29 is 33.7 Å². The van der Waals surface area contributed by atoms with E-state index in [0.717, 1.165) is 0 Å². The molecular weight excluding hydrogens is 342 g/mol. The Morgan fingerprint density at radius 2 is 1.92 bits per heavy atom. The molecule has 3 aliphatic heterocycles. The van der Waals surface area contributed by atoms with Crippen molar-refractivity contribution in [3.05, 3.63) is 11.6 Å². The minimum absolute atomic E-state index is 0.0942. The van der Waals surface area contributed by atoms with E-state index in [1.54, 1.807) is 19.9 Å². The number of aliphatic hydroxyl groups is 1. The summed E-state index contributed by atoms with van der Waals surface area (Å²) in [6, 6.07) is 0. The third-order valence-electron chi connectivity index (χ3n) is 5.61. The number of rotatable bonds is 0. The maximum atomic E-state index is 12.8. The van der Waals surface area contributed by atoms with E-state index in [1.165, 1.54) is 6.92 Å². The number of carbonyl (C=O) groups excluding carboxylic acids is 3. The number of ether oxygens (including phenoxy) is 3. The van der Waals surface area contributed by atoms with E-state index < -0.39 is 41.3 Å². The average Bonchev–Trinajstić information content (AvgIpc) is 3.23. The molecule has 0 aromatic carbocycles. The van der Waals surface area contributed by atoms with Gasteiger partial charge in [0.2, 0.25) is 5.78 Å². The number of carbonyl (C=O) groups is 3. The Hall–Kier alpha value is -1.77. The molecule has 3 aliphatic rings. The molecule has 5 atom stereocenters. The highest BCUT2D eigenvalue weighted by Crippen LogP contribution is 2.45. The standard InChI is InChI=1S/C18H25NO7/c1-10-8-18(11(2)26-18)16(22)25-13-5-7-19-6-4-12(14(13)20)9-24-15(21)17(10,3)23/h4,10-11,13,19,23H,5-9H2,1-3H3/b12-4-/t10?,11-,13-,17?,18+/m1/s1. The fourth-order valence-electron chi connectivity index (χ4n) is 3.38. The first kappa shape index (κ1) is 19.0. The topological polar surface area (TPSA) is 114 Å². The first-order chi connectivity index (χ1) is 12.2. The molecule has 0 saturated carbocycles. The number of hydrogen-bond acceptors (Lipinski definition) is 8. The van der Waals surface area contributed by atoms with Gasteiger partial charge >= 0.3 is 11.9 Å². The molecule has 26 heavy (non-hydrogen) atoms. The third-order valence-corrected chi connectivity index (χ3v) is 5.61. The molecule has 8 heteroatoms. The van der Waals surface area contributed by atoms with E-state index in [2.05, 4.69) is 5.32 Å². The number of fused-ring (bicyclic) bond motifs is 2. The van der Waals surface area contributed by atoms with Gasteiger partial charge in [0.25, 0.3) is 0 Å². The van der Waals surface area contributed by atoms with Gasteiger partial charge in [-0.2, -0.15) is 0 Å². The van der Waals surface area contributed by atoms with Crippen molar-refractivity contribution >= 4 is 17.7 Å². The Kier molecular flexibility index (Phi) is 4.94. The fourth-order valence-corrected chi connectivity index (χ4v) is 3.38. The van der Waals surface area contributed by atoms with Crippen molar-refractivity contribution in [1.82, 2.24) is 5.32 Å². The summed E-state index contributed by atoms with van der Waals surface area (Å²) in [7, 11) is 0. The molecule has 0 aromatic heterocycles. The van der Waals surface area contributed by atoms with Gasteiger partial charge in [-0.15, -0.1) is 0 Å². The van der Waals surface area contributed by atoms with E-state index in [-0.39, 0.29) is 24.4 Å². The van der Waals surface area contributed by atoms with Crippen LogP contribution in [-0.4, -0.2) is 65.9 Å². The summed E-state index contributed by atoms with van der Waals surface area (Å²) in [5, 5.41) is 13.7. The molecule has 3 heterocycles. The van der Waals surface area contributed by atoms with E-state index in [0.29, 0.717) is 19.5 Å². The lowest BCUT2D eigenvalue weighted by Crippen LogP contribution is -2.48. The van der Waals surface area contributed by atoms with E-state index >= 15 is 0 Å². The van der Waals surface area contributed by atoms with E-state index in [1.807, 2.05) is 0 Å². The van der Waals surface area contributed by atoms with Crippen LogP contribution in [0.5, 0.6) is 0 Å². The van der Waals surface area contributed by atoms with Crippen LogP contribution in [0, 0.1) is 5.92 Å². The van der Waals surface area contributed by atoms with Crippen LogP contribution in [-0.2, 0) is 28.6 Å². The minimum atomic E-state index is -1.82. The second-order valence-corrected chi connectivity index (χ2v) is 7.46. The normalized spacial score (nSPS) is 43.8. The Balaban J connectivity index is 1.96.